The van der Waals surface area contributed by atoms with Crippen molar-refractivity contribution >= 4 is 0 Å². The van der Waals surface area contributed by atoms with Crippen molar-refractivity contribution in [2.24, 2.45) is 5.84 Å². The lowest BCUT2D eigenvalue weighted by Crippen LogP contribution is -2.31. The van der Waals surface area contributed by atoms with Crippen LogP contribution in [0.2, 0.25) is 0 Å². The summed E-state index contributed by atoms with van der Waals surface area (Å²) in [4.78, 5) is 0. The average molecular weight is 268 g/mol. The highest BCUT2D eigenvalue weighted by Gasteiger charge is 2.13. The van der Waals surface area contributed by atoms with Crippen LogP contribution in [0.1, 0.15) is 32.4 Å². The molecule has 0 saturated heterocycles. The average Bonchev–Trinajstić information content (AvgIpc) is 2.43. The number of hydrogen-bond donors (Lipinski definition) is 2. The number of nitrogens with one attached hydrogen (secondary N) is 1. The summed E-state index contributed by atoms with van der Waals surface area (Å²) in [6, 6.07) is 5.75. The molecule has 1 atom stereocenters. The van der Waals surface area contributed by atoms with Gasteiger partial charge in [0.1, 0.15) is 0 Å². The van der Waals surface area contributed by atoms with Gasteiger partial charge >= 0.3 is 0 Å². The second-order valence-electron chi connectivity index (χ2n) is 3.95. The Morgan fingerprint density at radius 2 is 1.74 bits per heavy atom. The summed E-state index contributed by atoms with van der Waals surface area (Å²) < 4.78 is 16.5. The highest BCUT2D eigenvalue weighted by Crippen LogP contribution is 2.30. The van der Waals surface area contributed by atoms with Crippen molar-refractivity contribution in [2.45, 2.75) is 26.8 Å². The molecule has 1 aromatic carbocycles. The maximum absolute atomic E-state index is 5.59. The number of hydrazine groups is 1. The van der Waals surface area contributed by atoms with Gasteiger partial charge in [0.15, 0.2) is 11.5 Å². The van der Waals surface area contributed by atoms with Crippen LogP contribution in [0, 0.1) is 0 Å². The third kappa shape index (κ3) is 4.70. The summed E-state index contributed by atoms with van der Waals surface area (Å²) in [6.45, 7) is 8.23. The summed E-state index contributed by atoms with van der Waals surface area (Å²) in [5.41, 5.74) is 3.77. The molecular weight excluding hydrogens is 244 g/mol. The molecule has 0 aromatic heterocycles. The summed E-state index contributed by atoms with van der Waals surface area (Å²) in [5, 5.41) is 0. The smallest absolute Gasteiger partial charge is 0.161 e. The van der Waals surface area contributed by atoms with Gasteiger partial charge in [0.05, 0.1) is 25.9 Å². The van der Waals surface area contributed by atoms with E-state index in [4.69, 9.17) is 20.1 Å². The Labute approximate surface area is 115 Å². The predicted molar refractivity (Wildman–Crippen MR) is 75.3 cm³/mol. The van der Waals surface area contributed by atoms with E-state index in [-0.39, 0.29) is 6.04 Å². The van der Waals surface area contributed by atoms with Gasteiger partial charge in [0.2, 0.25) is 0 Å². The molecule has 0 saturated carbocycles. The van der Waals surface area contributed by atoms with Gasteiger partial charge in [0.25, 0.3) is 0 Å². The fourth-order valence-electron chi connectivity index (χ4n) is 1.76. The molecular formula is C14H24N2O3. The van der Waals surface area contributed by atoms with Gasteiger partial charge in [-0.2, -0.15) is 0 Å². The first-order valence-corrected chi connectivity index (χ1v) is 6.70. The molecule has 1 rings (SSSR count). The van der Waals surface area contributed by atoms with Gasteiger partial charge in [-0.3, -0.25) is 11.3 Å². The second-order valence-corrected chi connectivity index (χ2v) is 3.95. The van der Waals surface area contributed by atoms with Crippen LogP contribution in [-0.4, -0.2) is 26.4 Å². The molecule has 0 spiro atoms. The molecule has 0 bridgehead atoms. The topological polar surface area (TPSA) is 65.7 Å². The zero-order valence-electron chi connectivity index (χ0n) is 11.9. The Hall–Kier alpha value is -1.30. The molecule has 108 valence electrons. The lowest BCUT2D eigenvalue weighted by atomic mass is 10.1. The van der Waals surface area contributed by atoms with Crippen LogP contribution in [0.3, 0.4) is 0 Å². The first-order chi connectivity index (χ1) is 9.26. The fraction of sp³-hybridized carbons (Fsp3) is 0.571. The van der Waals surface area contributed by atoms with E-state index >= 15 is 0 Å². The van der Waals surface area contributed by atoms with Gasteiger partial charge in [-0.15, -0.1) is 0 Å². The molecule has 1 aromatic rings. The molecule has 0 aliphatic heterocycles. The number of benzene rings is 1. The molecule has 0 heterocycles. The van der Waals surface area contributed by atoms with E-state index in [1.54, 1.807) is 0 Å². The van der Waals surface area contributed by atoms with Crippen molar-refractivity contribution < 1.29 is 14.2 Å². The zero-order chi connectivity index (χ0) is 14.1. The molecule has 0 amide bonds. The third-order valence-corrected chi connectivity index (χ3v) is 2.66. The van der Waals surface area contributed by atoms with Crippen molar-refractivity contribution in [3.05, 3.63) is 23.8 Å². The molecule has 19 heavy (non-hydrogen) atoms. The summed E-state index contributed by atoms with van der Waals surface area (Å²) in [7, 11) is 0. The van der Waals surface area contributed by atoms with Gasteiger partial charge in [-0.1, -0.05) is 6.07 Å². The Kier molecular flexibility index (Phi) is 7.25. The molecule has 0 aliphatic carbocycles. The largest absolute Gasteiger partial charge is 0.490 e. The van der Waals surface area contributed by atoms with Crippen LogP contribution in [-0.2, 0) is 4.74 Å². The van der Waals surface area contributed by atoms with E-state index < -0.39 is 0 Å². The van der Waals surface area contributed by atoms with Crippen LogP contribution in [0.5, 0.6) is 11.5 Å². The van der Waals surface area contributed by atoms with Crippen LogP contribution in [0.15, 0.2) is 18.2 Å². The molecule has 0 fully saturated rings. The Bertz CT molecular complexity index is 372. The SMILES string of the molecule is CCOCC(NN)c1ccc(OCC)c(OCC)c1. The Morgan fingerprint density at radius 1 is 1.05 bits per heavy atom. The monoisotopic (exact) mass is 268 g/mol. The van der Waals surface area contributed by atoms with Crippen LogP contribution in [0.4, 0.5) is 0 Å². The quantitative estimate of drug-likeness (QED) is 0.530. The first kappa shape index (κ1) is 15.8. The van der Waals surface area contributed by atoms with Crippen LogP contribution >= 0.6 is 0 Å². The fourth-order valence-corrected chi connectivity index (χ4v) is 1.76. The van der Waals surface area contributed by atoms with Crippen molar-refractivity contribution in [1.82, 2.24) is 5.43 Å². The highest BCUT2D eigenvalue weighted by atomic mass is 16.5. The van der Waals surface area contributed by atoms with Gasteiger partial charge < -0.3 is 14.2 Å². The molecule has 3 N–H and O–H groups in total. The van der Waals surface area contributed by atoms with Crippen molar-refractivity contribution in [2.75, 3.05) is 26.4 Å². The van der Waals surface area contributed by atoms with Crippen LogP contribution < -0.4 is 20.7 Å². The van der Waals surface area contributed by atoms with E-state index in [0.717, 1.165) is 17.1 Å². The van der Waals surface area contributed by atoms with Gasteiger partial charge in [0, 0.05) is 6.61 Å². The highest BCUT2D eigenvalue weighted by molar-refractivity contribution is 5.44. The van der Waals surface area contributed by atoms with Crippen molar-refractivity contribution in [3.63, 3.8) is 0 Å². The zero-order valence-corrected chi connectivity index (χ0v) is 11.9. The Morgan fingerprint density at radius 3 is 2.32 bits per heavy atom. The minimum atomic E-state index is -0.0603. The summed E-state index contributed by atoms with van der Waals surface area (Å²) in [6.07, 6.45) is 0. The van der Waals surface area contributed by atoms with Gasteiger partial charge in [-0.25, -0.2) is 0 Å². The number of nitrogens with two attached hydrogens (primary N) is 1. The number of rotatable bonds is 9. The lowest BCUT2D eigenvalue weighted by Gasteiger charge is -2.18. The number of ether oxygens (including phenoxy) is 3. The van der Waals surface area contributed by atoms with E-state index in [1.807, 2.05) is 39.0 Å². The lowest BCUT2D eigenvalue weighted by molar-refractivity contribution is 0.123. The standard InChI is InChI=1S/C14H24N2O3/c1-4-17-10-12(16-15)11-7-8-13(18-5-2)14(9-11)19-6-3/h7-9,12,16H,4-6,10,15H2,1-3H3. The first-order valence-electron chi connectivity index (χ1n) is 6.70. The third-order valence-electron chi connectivity index (χ3n) is 2.66. The van der Waals surface area contributed by atoms with E-state index in [0.29, 0.717) is 26.4 Å². The van der Waals surface area contributed by atoms with Gasteiger partial charge in [-0.05, 0) is 38.5 Å². The van der Waals surface area contributed by atoms with Crippen molar-refractivity contribution in [3.8, 4) is 11.5 Å². The number of hydrogen-bond acceptors (Lipinski definition) is 5. The van der Waals surface area contributed by atoms with E-state index in [2.05, 4.69) is 5.43 Å². The minimum Gasteiger partial charge on any atom is -0.490 e. The van der Waals surface area contributed by atoms with E-state index in [9.17, 15) is 0 Å². The molecule has 5 nitrogen and oxygen atoms in total. The maximum Gasteiger partial charge on any atom is 0.161 e. The minimum absolute atomic E-state index is 0.0603. The van der Waals surface area contributed by atoms with Crippen molar-refractivity contribution in [1.29, 1.82) is 0 Å². The summed E-state index contributed by atoms with van der Waals surface area (Å²) >= 11 is 0. The Balaban J connectivity index is 2.91. The summed E-state index contributed by atoms with van der Waals surface area (Å²) in [5.74, 6) is 7.05. The predicted octanol–water partition coefficient (Wildman–Crippen LogP) is 2.02. The van der Waals surface area contributed by atoms with E-state index in [1.165, 1.54) is 0 Å². The second kappa shape index (κ2) is 8.74. The normalized spacial score (nSPS) is 12.2. The van der Waals surface area contributed by atoms with Crippen LogP contribution in [0.25, 0.3) is 0 Å². The molecule has 0 radical (unpaired) electrons. The maximum atomic E-state index is 5.59. The molecule has 1 unspecified atom stereocenters. The molecule has 0 aliphatic rings. The molecule has 5 heteroatoms.